The maximum atomic E-state index is 12.0. The minimum atomic E-state index is -0.351. The van der Waals surface area contributed by atoms with Crippen LogP contribution in [0.1, 0.15) is 15.9 Å². The minimum Gasteiger partial charge on any atom is -0.457 e. The zero-order valence-corrected chi connectivity index (χ0v) is 10.8. The highest BCUT2D eigenvalue weighted by atomic mass is 16.5. The quantitative estimate of drug-likeness (QED) is 0.716. The van der Waals surface area contributed by atoms with Gasteiger partial charge in [0.2, 0.25) is 0 Å². The third-order valence-electron chi connectivity index (χ3n) is 3.16. The van der Waals surface area contributed by atoms with E-state index in [0.29, 0.717) is 11.3 Å². The molecule has 100 valence electrons. The number of fused-ring (bicyclic) bond motifs is 1. The van der Waals surface area contributed by atoms with Crippen LogP contribution in [0.15, 0.2) is 54.7 Å². The van der Waals surface area contributed by atoms with Crippen molar-refractivity contribution >= 4 is 22.6 Å². The highest BCUT2D eigenvalue weighted by Crippen LogP contribution is 2.22. The topological polar surface area (TPSA) is 68.1 Å². The van der Waals surface area contributed by atoms with Gasteiger partial charge in [0.1, 0.15) is 6.61 Å². The molecule has 2 aromatic carbocycles. The third-order valence-corrected chi connectivity index (χ3v) is 3.16. The number of esters is 1. The zero-order chi connectivity index (χ0) is 13.9. The van der Waals surface area contributed by atoms with Gasteiger partial charge >= 0.3 is 5.97 Å². The molecule has 3 rings (SSSR count). The second kappa shape index (κ2) is 5.09. The molecule has 3 aromatic rings. The second-order valence-corrected chi connectivity index (χ2v) is 4.57. The first kappa shape index (κ1) is 12.3. The number of nitrogens with two attached hydrogens (primary N) is 1. The Morgan fingerprint density at radius 1 is 1.15 bits per heavy atom. The number of ether oxygens (including phenoxy) is 1. The van der Waals surface area contributed by atoms with Crippen LogP contribution in [-0.4, -0.2) is 11.0 Å². The van der Waals surface area contributed by atoms with E-state index < -0.39 is 0 Å². The van der Waals surface area contributed by atoms with Gasteiger partial charge in [0, 0.05) is 17.1 Å². The highest BCUT2D eigenvalue weighted by molar-refractivity contribution is 5.98. The van der Waals surface area contributed by atoms with E-state index in [2.05, 4.69) is 4.98 Å². The van der Waals surface area contributed by atoms with Gasteiger partial charge in [-0.2, -0.15) is 0 Å². The van der Waals surface area contributed by atoms with Gasteiger partial charge < -0.3 is 15.5 Å². The Balaban J connectivity index is 1.77. The number of aromatic amines is 1. The summed E-state index contributed by atoms with van der Waals surface area (Å²) in [4.78, 5) is 15.1. The van der Waals surface area contributed by atoms with Crippen molar-refractivity contribution in [1.82, 2.24) is 4.98 Å². The smallest absolute Gasteiger partial charge is 0.338 e. The molecule has 4 heteroatoms. The average molecular weight is 266 g/mol. The maximum absolute atomic E-state index is 12.0. The van der Waals surface area contributed by atoms with Crippen molar-refractivity contribution in [2.24, 2.45) is 0 Å². The molecule has 0 fully saturated rings. The molecule has 0 amide bonds. The van der Waals surface area contributed by atoms with Crippen molar-refractivity contribution in [3.63, 3.8) is 0 Å². The summed E-state index contributed by atoms with van der Waals surface area (Å²) in [6.45, 7) is 0.264. The van der Waals surface area contributed by atoms with Crippen LogP contribution in [0, 0.1) is 0 Å². The number of carbonyl (C=O) groups excluding carboxylic acids is 1. The molecule has 0 saturated carbocycles. The third kappa shape index (κ3) is 2.36. The summed E-state index contributed by atoms with van der Waals surface area (Å²) in [6.07, 6.45) is 1.71. The molecule has 1 aromatic heterocycles. The fourth-order valence-electron chi connectivity index (χ4n) is 2.08. The summed E-state index contributed by atoms with van der Waals surface area (Å²) >= 11 is 0. The first-order valence-electron chi connectivity index (χ1n) is 6.32. The van der Waals surface area contributed by atoms with Crippen molar-refractivity contribution in [2.45, 2.75) is 6.61 Å². The lowest BCUT2D eigenvalue weighted by atomic mass is 10.1. The van der Waals surface area contributed by atoms with Crippen LogP contribution < -0.4 is 5.73 Å². The van der Waals surface area contributed by atoms with Gasteiger partial charge in [0.05, 0.1) is 11.3 Å². The van der Waals surface area contributed by atoms with Crippen LogP contribution in [-0.2, 0) is 11.3 Å². The molecule has 0 aliphatic heterocycles. The van der Waals surface area contributed by atoms with Crippen molar-refractivity contribution in [3.05, 3.63) is 65.9 Å². The first-order valence-corrected chi connectivity index (χ1v) is 6.32. The summed E-state index contributed by atoms with van der Waals surface area (Å²) in [7, 11) is 0. The standard InChI is InChI=1S/C16H14N2O2/c17-14-9-18-15-7-6-12(8-13(14)15)16(19)20-10-11-4-2-1-3-5-11/h1-9,18H,10,17H2. The van der Waals surface area contributed by atoms with Gasteiger partial charge in [-0.15, -0.1) is 0 Å². The zero-order valence-electron chi connectivity index (χ0n) is 10.8. The predicted molar refractivity (Wildman–Crippen MR) is 78.3 cm³/mol. The van der Waals surface area contributed by atoms with Gasteiger partial charge in [-0.3, -0.25) is 0 Å². The maximum Gasteiger partial charge on any atom is 0.338 e. The Morgan fingerprint density at radius 2 is 1.95 bits per heavy atom. The number of nitrogen functional groups attached to an aromatic ring is 1. The number of anilines is 1. The summed E-state index contributed by atoms with van der Waals surface area (Å²) in [6, 6.07) is 14.9. The lowest BCUT2D eigenvalue weighted by molar-refractivity contribution is 0.0473. The van der Waals surface area contributed by atoms with Gasteiger partial charge in [0.15, 0.2) is 0 Å². The van der Waals surface area contributed by atoms with Crippen LogP contribution in [0.25, 0.3) is 10.9 Å². The lowest BCUT2D eigenvalue weighted by Gasteiger charge is -2.05. The summed E-state index contributed by atoms with van der Waals surface area (Å²) in [5.41, 5.74) is 8.82. The molecule has 0 spiro atoms. The molecule has 0 atom stereocenters. The Kier molecular flexibility index (Phi) is 3.13. The van der Waals surface area contributed by atoms with Gasteiger partial charge in [0.25, 0.3) is 0 Å². The fraction of sp³-hybridized carbons (Fsp3) is 0.0625. The Hall–Kier alpha value is -2.75. The molecule has 4 nitrogen and oxygen atoms in total. The molecule has 0 bridgehead atoms. The van der Waals surface area contributed by atoms with E-state index in [-0.39, 0.29) is 12.6 Å². The average Bonchev–Trinajstić information content (AvgIpc) is 2.87. The number of nitrogens with one attached hydrogen (secondary N) is 1. The van der Waals surface area contributed by atoms with Crippen molar-refractivity contribution in [1.29, 1.82) is 0 Å². The van der Waals surface area contributed by atoms with Gasteiger partial charge in [-0.25, -0.2) is 4.79 Å². The van der Waals surface area contributed by atoms with Crippen molar-refractivity contribution in [2.75, 3.05) is 5.73 Å². The molecular weight excluding hydrogens is 252 g/mol. The monoisotopic (exact) mass is 266 g/mol. The molecule has 0 aliphatic carbocycles. The molecule has 0 saturated heterocycles. The van der Waals surface area contributed by atoms with Gasteiger partial charge in [-0.1, -0.05) is 30.3 Å². The van der Waals surface area contributed by atoms with Crippen molar-refractivity contribution in [3.8, 4) is 0 Å². The van der Waals surface area contributed by atoms with Crippen LogP contribution in [0.2, 0.25) is 0 Å². The fourth-order valence-corrected chi connectivity index (χ4v) is 2.08. The van der Waals surface area contributed by atoms with E-state index in [1.54, 1.807) is 18.3 Å². The number of hydrogen-bond donors (Lipinski definition) is 2. The SMILES string of the molecule is Nc1c[nH]c2ccc(C(=O)OCc3ccccc3)cc12. The number of rotatable bonds is 3. The molecule has 1 heterocycles. The largest absolute Gasteiger partial charge is 0.457 e. The first-order chi connectivity index (χ1) is 9.74. The summed E-state index contributed by atoms with van der Waals surface area (Å²) in [5.74, 6) is -0.351. The number of H-pyrrole nitrogens is 1. The van der Waals surface area contributed by atoms with E-state index in [4.69, 9.17) is 10.5 Å². The van der Waals surface area contributed by atoms with Crippen molar-refractivity contribution < 1.29 is 9.53 Å². The van der Waals surface area contributed by atoms with E-state index in [9.17, 15) is 4.79 Å². The summed E-state index contributed by atoms with van der Waals surface area (Å²) in [5, 5.41) is 0.833. The Bertz CT molecular complexity index is 748. The van der Waals surface area contributed by atoms with Crippen LogP contribution in [0.3, 0.4) is 0 Å². The normalized spacial score (nSPS) is 10.6. The number of hydrogen-bond acceptors (Lipinski definition) is 3. The van der Waals surface area contributed by atoms with E-state index in [0.717, 1.165) is 16.5 Å². The van der Waals surface area contributed by atoms with Crippen LogP contribution in [0.4, 0.5) is 5.69 Å². The lowest BCUT2D eigenvalue weighted by Crippen LogP contribution is -2.05. The predicted octanol–water partition coefficient (Wildman–Crippen LogP) is 3.11. The van der Waals surface area contributed by atoms with Gasteiger partial charge in [-0.05, 0) is 23.8 Å². The Morgan fingerprint density at radius 3 is 2.75 bits per heavy atom. The number of carbonyl (C=O) groups is 1. The Labute approximate surface area is 116 Å². The molecule has 0 aliphatic rings. The molecule has 0 unspecified atom stereocenters. The summed E-state index contributed by atoms with van der Waals surface area (Å²) < 4.78 is 5.29. The number of benzene rings is 2. The van der Waals surface area contributed by atoms with Crippen LogP contribution >= 0.6 is 0 Å². The molecule has 3 N–H and O–H groups in total. The second-order valence-electron chi connectivity index (χ2n) is 4.57. The number of aromatic nitrogens is 1. The minimum absolute atomic E-state index is 0.264. The van der Waals surface area contributed by atoms with E-state index in [1.165, 1.54) is 0 Å². The highest BCUT2D eigenvalue weighted by Gasteiger charge is 2.10. The molecule has 0 radical (unpaired) electrons. The van der Waals surface area contributed by atoms with E-state index >= 15 is 0 Å². The molecule has 20 heavy (non-hydrogen) atoms. The molecular formula is C16H14N2O2. The van der Waals surface area contributed by atoms with Crippen LogP contribution in [0.5, 0.6) is 0 Å². The van der Waals surface area contributed by atoms with E-state index in [1.807, 2.05) is 36.4 Å².